The van der Waals surface area contributed by atoms with Crippen molar-refractivity contribution in [1.82, 2.24) is 16.0 Å². The maximum absolute atomic E-state index is 12.0. The van der Waals surface area contributed by atoms with Crippen LogP contribution >= 0.6 is 0 Å². The van der Waals surface area contributed by atoms with Gasteiger partial charge in [0.15, 0.2) is 0 Å². The van der Waals surface area contributed by atoms with Crippen molar-refractivity contribution >= 4 is 53.5 Å². The largest absolute Gasteiger partial charge is 0.463 e. The number of terminal acetylenes is 3. The molecule has 3 heterocycles. The lowest BCUT2D eigenvalue weighted by molar-refractivity contribution is -0.239. The fourth-order valence-electron chi connectivity index (χ4n) is 7.78. The van der Waals surface area contributed by atoms with E-state index in [9.17, 15) is 43.2 Å². The van der Waals surface area contributed by atoms with Crippen LogP contribution in [-0.4, -0.2) is 129 Å². The lowest BCUT2D eigenvalue weighted by Crippen LogP contribution is -2.59. The van der Waals surface area contributed by atoms with E-state index in [2.05, 4.69) is 33.7 Å². The zero-order valence-electron chi connectivity index (χ0n) is 43.6. The minimum atomic E-state index is -0.941. The first-order valence-corrected chi connectivity index (χ1v) is 23.8. The van der Waals surface area contributed by atoms with E-state index in [0.717, 1.165) is 0 Å². The summed E-state index contributed by atoms with van der Waals surface area (Å²) in [4.78, 5) is 103. The smallest absolute Gasteiger partial charge is 0.305 e. The topological polar surface area (TPSA) is 273 Å². The van der Waals surface area contributed by atoms with Gasteiger partial charge in [0.1, 0.15) is 19.8 Å². The van der Waals surface area contributed by atoms with Crippen molar-refractivity contribution in [2.24, 2.45) is 35.5 Å². The summed E-state index contributed by atoms with van der Waals surface area (Å²) in [6, 6.07) is -1.49. The van der Waals surface area contributed by atoms with E-state index in [-0.39, 0.29) is 92.3 Å². The molecule has 15 atom stereocenters. The van der Waals surface area contributed by atoms with Crippen LogP contribution in [-0.2, 0) is 85.8 Å². The third-order valence-corrected chi connectivity index (χ3v) is 12.4. The molecular formula is C51H75N3O18. The molecule has 402 valence electrons. The predicted octanol–water partition coefficient (Wildman–Crippen LogP) is 3.02. The molecule has 0 radical (unpaired) electrons. The molecular weight excluding hydrogens is 943 g/mol. The Hall–Kier alpha value is -6.21. The molecule has 3 amide bonds. The molecule has 72 heavy (non-hydrogen) atoms. The fraction of sp³-hybridized carbons (Fsp3) is 0.706. The fourth-order valence-corrected chi connectivity index (χ4v) is 7.78. The molecule has 3 aliphatic rings. The van der Waals surface area contributed by atoms with Crippen molar-refractivity contribution in [2.75, 3.05) is 19.8 Å². The first-order valence-electron chi connectivity index (χ1n) is 23.8. The highest BCUT2D eigenvalue weighted by molar-refractivity contribution is 5.78. The zero-order valence-corrected chi connectivity index (χ0v) is 43.6. The van der Waals surface area contributed by atoms with Gasteiger partial charge >= 0.3 is 35.8 Å². The lowest BCUT2D eigenvalue weighted by atomic mass is 9.82. The zero-order chi connectivity index (χ0) is 54.8. The molecule has 0 aromatic rings. The maximum atomic E-state index is 12.0. The molecule has 21 nitrogen and oxygen atoms in total. The minimum absolute atomic E-state index is 0.0194. The second-order valence-corrected chi connectivity index (χ2v) is 17.9. The maximum Gasteiger partial charge on any atom is 0.305 e. The van der Waals surface area contributed by atoms with Crippen LogP contribution in [0, 0.1) is 72.5 Å². The van der Waals surface area contributed by atoms with E-state index in [0.29, 0.717) is 19.3 Å². The molecule has 0 aromatic heterocycles. The molecule has 21 heteroatoms. The predicted molar refractivity (Wildman–Crippen MR) is 256 cm³/mol. The average Bonchev–Trinajstić information content (AvgIpc) is 3.29. The van der Waals surface area contributed by atoms with E-state index >= 15 is 0 Å². The molecule has 0 aliphatic carbocycles. The second-order valence-electron chi connectivity index (χ2n) is 17.9. The Labute approximate surface area is 423 Å². The number of esters is 6. The number of nitrogens with one attached hydrogen (secondary N) is 3. The van der Waals surface area contributed by atoms with Gasteiger partial charge in [-0.1, -0.05) is 41.5 Å². The third-order valence-electron chi connectivity index (χ3n) is 12.4. The highest BCUT2D eigenvalue weighted by Crippen LogP contribution is 2.34. The van der Waals surface area contributed by atoms with E-state index in [1.165, 1.54) is 41.5 Å². The van der Waals surface area contributed by atoms with Gasteiger partial charge in [-0.05, 0) is 35.5 Å². The molecule has 0 saturated carbocycles. The third kappa shape index (κ3) is 22.9. The lowest BCUT2D eigenvalue weighted by Gasteiger charge is -2.43. The summed E-state index contributed by atoms with van der Waals surface area (Å²) in [6.45, 7) is 19.5. The highest BCUT2D eigenvalue weighted by Gasteiger charge is 2.47. The molecule has 0 spiro atoms. The van der Waals surface area contributed by atoms with E-state index in [1.54, 1.807) is 0 Å². The van der Waals surface area contributed by atoms with Gasteiger partial charge in [-0.2, -0.15) is 0 Å². The summed E-state index contributed by atoms with van der Waals surface area (Å²) >= 11 is 0. The normalized spacial score (nSPS) is 29.2. The van der Waals surface area contributed by atoms with Crippen LogP contribution in [0.5, 0.6) is 0 Å². The Morgan fingerprint density at radius 1 is 0.389 bits per heavy atom. The van der Waals surface area contributed by atoms with Crippen LogP contribution in [0.25, 0.3) is 0 Å². The summed E-state index contributed by atoms with van der Waals surface area (Å²) in [5.74, 6) is 3.53. The average molecular weight is 1020 g/mol. The Balaban J connectivity index is 0.000000540. The number of carbonyl (C=O) groups is 9. The monoisotopic (exact) mass is 1020 g/mol. The molecule has 0 bridgehead atoms. The quantitative estimate of drug-likeness (QED) is 0.101. The summed E-state index contributed by atoms with van der Waals surface area (Å²) in [6.07, 6.45) is 13.0. The summed E-state index contributed by atoms with van der Waals surface area (Å²) in [7, 11) is 0. The highest BCUT2D eigenvalue weighted by atomic mass is 16.7. The number of carbonyl (C=O) groups excluding carboxylic acids is 9. The SMILES string of the molecule is C#CCCC(=O)NC1C(OC(C)=O)OC(COC(C)=O)C(C)C1C.C#CCCC(=O)NC1C(OC(C)=O)OC(COC(C)=O)C(C)C1C.C#CCCC(=O)NC1C(OC(C)=O)OC(COC(C)=O)C(C)C1C. The molecule has 3 rings (SSSR count). The molecule has 3 N–H and O–H groups in total. The Morgan fingerprint density at radius 2 is 0.611 bits per heavy atom. The van der Waals surface area contributed by atoms with Gasteiger partial charge in [0.05, 0.1) is 36.4 Å². The molecule has 15 unspecified atom stereocenters. The Kier molecular flexibility index (Phi) is 29.0. The van der Waals surface area contributed by atoms with Gasteiger partial charge in [-0.15, -0.1) is 37.0 Å². The summed E-state index contributed by atoms with van der Waals surface area (Å²) < 4.78 is 48.0. The number of hydrogen-bond donors (Lipinski definition) is 3. The van der Waals surface area contributed by atoms with Crippen LogP contribution in [0.2, 0.25) is 0 Å². The van der Waals surface area contributed by atoms with E-state index in [1.807, 2.05) is 41.5 Å². The molecule has 3 aliphatic heterocycles. The van der Waals surface area contributed by atoms with Gasteiger partial charge in [0.2, 0.25) is 36.6 Å². The number of hydrogen-bond acceptors (Lipinski definition) is 18. The van der Waals surface area contributed by atoms with Crippen LogP contribution in [0.15, 0.2) is 0 Å². The first kappa shape index (κ1) is 63.8. The number of rotatable bonds is 18. The molecule has 0 aromatic carbocycles. The van der Waals surface area contributed by atoms with Crippen molar-refractivity contribution < 1.29 is 85.8 Å². The summed E-state index contributed by atoms with van der Waals surface area (Å²) in [5.41, 5.74) is 0. The number of ether oxygens (including phenoxy) is 9. The van der Waals surface area contributed by atoms with Gasteiger partial charge in [-0.3, -0.25) is 43.2 Å². The van der Waals surface area contributed by atoms with Crippen LogP contribution in [0.4, 0.5) is 0 Å². The van der Waals surface area contributed by atoms with Crippen molar-refractivity contribution in [3.63, 3.8) is 0 Å². The van der Waals surface area contributed by atoms with Crippen molar-refractivity contribution in [1.29, 1.82) is 0 Å². The van der Waals surface area contributed by atoms with Crippen LogP contribution < -0.4 is 16.0 Å². The number of amides is 3. The Morgan fingerprint density at radius 3 is 0.792 bits per heavy atom. The second kappa shape index (κ2) is 32.7. The molecule has 3 saturated heterocycles. The minimum Gasteiger partial charge on any atom is -0.463 e. The van der Waals surface area contributed by atoms with E-state index in [4.69, 9.17) is 61.9 Å². The van der Waals surface area contributed by atoms with Crippen LogP contribution in [0.3, 0.4) is 0 Å². The van der Waals surface area contributed by atoms with Gasteiger partial charge in [0.25, 0.3) is 0 Å². The van der Waals surface area contributed by atoms with Crippen molar-refractivity contribution in [3.05, 3.63) is 0 Å². The van der Waals surface area contributed by atoms with Crippen LogP contribution in [0.1, 0.15) is 122 Å². The Bertz CT molecular complexity index is 1750. The molecule has 3 fully saturated rings. The van der Waals surface area contributed by atoms with Gasteiger partial charge in [0, 0.05) is 80.1 Å². The van der Waals surface area contributed by atoms with Crippen molar-refractivity contribution in [3.8, 4) is 37.0 Å². The van der Waals surface area contributed by atoms with E-state index < -0.39 is 91.1 Å². The van der Waals surface area contributed by atoms with Crippen molar-refractivity contribution in [2.45, 2.75) is 177 Å². The standard InChI is InChI=1S/3C17H25NO6/c3*1-6-7-8-15(21)18-16-11(3)10(2)14(9-22-12(4)19)24-17(16)23-13(5)20/h3*1,10-11,14,16-17H,7-9H2,2-5H3,(H,18,21). The van der Waals surface area contributed by atoms with Gasteiger partial charge in [-0.25, -0.2) is 0 Å². The summed E-state index contributed by atoms with van der Waals surface area (Å²) in [5, 5.41) is 8.49. The van der Waals surface area contributed by atoms with Gasteiger partial charge < -0.3 is 58.6 Å². The first-order chi connectivity index (χ1) is 33.8.